The topological polar surface area (TPSA) is 91.0 Å². The highest BCUT2D eigenvalue weighted by Crippen LogP contribution is 2.42. The van der Waals surface area contributed by atoms with Crippen molar-refractivity contribution in [1.82, 2.24) is 10.2 Å². The number of halogens is 2. The average Bonchev–Trinajstić information content (AvgIpc) is 3.07. The van der Waals surface area contributed by atoms with Gasteiger partial charge in [-0.3, -0.25) is 19.3 Å². The molecule has 8 nitrogen and oxygen atoms in total. The maximum atomic E-state index is 14.1. The van der Waals surface area contributed by atoms with Gasteiger partial charge in [-0.2, -0.15) is 0 Å². The molecule has 0 aromatic heterocycles. The molecule has 10 heteroatoms. The summed E-state index contributed by atoms with van der Waals surface area (Å²) in [6, 6.07) is 16.1. The summed E-state index contributed by atoms with van der Waals surface area (Å²) in [7, 11) is 1.53. The quantitative estimate of drug-likeness (QED) is 0.486. The predicted molar refractivity (Wildman–Crippen MR) is 147 cm³/mol. The van der Waals surface area contributed by atoms with Crippen molar-refractivity contribution in [1.29, 1.82) is 0 Å². The maximum Gasteiger partial charge on any atom is 0.259 e. The first-order chi connectivity index (χ1) is 18.4. The van der Waals surface area contributed by atoms with Crippen molar-refractivity contribution in [2.24, 2.45) is 0 Å². The fourth-order valence-electron chi connectivity index (χ4n) is 4.83. The molecule has 2 N–H and O–H groups in total. The molecule has 1 saturated heterocycles. The number of nitrogens with one attached hydrogen (secondary N) is 2. The van der Waals surface area contributed by atoms with E-state index < -0.39 is 6.04 Å². The summed E-state index contributed by atoms with van der Waals surface area (Å²) in [5.41, 5.74) is 2.22. The van der Waals surface area contributed by atoms with Crippen molar-refractivity contribution in [2.45, 2.75) is 12.5 Å². The number of anilines is 2. The zero-order chi connectivity index (χ0) is 26.8. The van der Waals surface area contributed by atoms with Gasteiger partial charge in [0.05, 0.1) is 30.9 Å². The molecule has 3 aromatic carbocycles. The van der Waals surface area contributed by atoms with E-state index in [9.17, 15) is 14.4 Å². The van der Waals surface area contributed by atoms with Gasteiger partial charge in [-0.05, 0) is 54.1 Å². The molecule has 38 heavy (non-hydrogen) atoms. The fraction of sp³-hybridized carbons (Fsp3) is 0.250. The third-order valence-corrected chi connectivity index (χ3v) is 7.29. The van der Waals surface area contributed by atoms with E-state index >= 15 is 0 Å². The summed E-state index contributed by atoms with van der Waals surface area (Å²) in [6.45, 7) is 2.64. The largest absolute Gasteiger partial charge is 0.497 e. The first-order valence-corrected chi connectivity index (χ1v) is 13.0. The molecule has 0 aliphatic carbocycles. The van der Waals surface area contributed by atoms with Crippen LogP contribution in [0.15, 0.2) is 60.7 Å². The number of methoxy groups -OCH3 is 1. The molecule has 5 rings (SSSR count). The summed E-state index contributed by atoms with van der Waals surface area (Å²) < 4.78 is 5.33. The second-order valence-corrected chi connectivity index (χ2v) is 9.96. The Labute approximate surface area is 230 Å². The molecule has 3 amide bonds. The van der Waals surface area contributed by atoms with Gasteiger partial charge in [0.1, 0.15) is 5.75 Å². The molecule has 1 atom stereocenters. The van der Waals surface area contributed by atoms with Crippen molar-refractivity contribution in [3.63, 3.8) is 0 Å². The van der Waals surface area contributed by atoms with E-state index in [1.165, 1.54) is 7.11 Å². The van der Waals surface area contributed by atoms with Crippen LogP contribution in [0, 0.1) is 0 Å². The van der Waals surface area contributed by atoms with Crippen molar-refractivity contribution < 1.29 is 19.1 Å². The van der Waals surface area contributed by atoms with Gasteiger partial charge in [0.25, 0.3) is 11.8 Å². The van der Waals surface area contributed by atoms with Crippen LogP contribution in [0.3, 0.4) is 0 Å². The number of nitrogens with zero attached hydrogens (tertiary/aromatic N) is 2. The van der Waals surface area contributed by atoms with Gasteiger partial charge in [0.2, 0.25) is 5.91 Å². The van der Waals surface area contributed by atoms with E-state index in [0.29, 0.717) is 56.9 Å². The number of amides is 3. The number of hydrogen-bond acceptors (Lipinski definition) is 5. The Bertz CT molecular complexity index is 1410. The lowest BCUT2D eigenvalue weighted by Gasteiger charge is -2.32. The Morgan fingerprint density at radius 1 is 0.947 bits per heavy atom. The van der Waals surface area contributed by atoms with Crippen LogP contribution in [0.1, 0.15) is 38.7 Å². The molecule has 0 bridgehead atoms. The maximum absolute atomic E-state index is 14.1. The van der Waals surface area contributed by atoms with Crippen LogP contribution in [-0.4, -0.2) is 55.9 Å². The second kappa shape index (κ2) is 11.0. The molecule has 3 aromatic rings. The number of hydrogen-bond donors (Lipinski definition) is 2. The molecule has 1 unspecified atom stereocenters. The van der Waals surface area contributed by atoms with E-state index in [0.717, 1.165) is 13.1 Å². The lowest BCUT2D eigenvalue weighted by Crippen LogP contribution is -2.46. The first-order valence-electron chi connectivity index (χ1n) is 12.2. The van der Waals surface area contributed by atoms with Crippen molar-refractivity contribution >= 4 is 52.3 Å². The Kier molecular flexibility index (Phi) is 7.56. The molecular weight excluding hydrogens is 527 g/mol. The highest BCUT2D eigenvalue weighted by atomic mass is 35.5. The summed E-state index contributed by atoms with van der Waals surface area (Å²) >= 11 is 12.7. The summed E-state index contributed by atoms with van der Waals surface area (Å²) in [5, 5.41) is 6.92. The van der Waals surface area contributed by atoms with Crippen LogP contribution in [0.25, 0.3) is 0 Å². The molecule has 0 radical (unpaired) electrons. The van der Waals surface area contributed by atoms with E-state index in [-0.39, 0.29) is 24.1 Å². The Morgan fingerprint density at radius 3 is 2.45 bits per heavy atom. The molecule has 2 aliphatic heterocycles. The molecule has 196 valence electrons. The lowest BCUT2D eigenvalue weighted by molar-refractivity contribution is -0.116. The van der Waals surface area contributed by atoms with Gasteiger partial charge in [-0.15, -0.1) is 0 Å². The molecule has 2 heterocycles. The highest BCUT2D eigenvalue weighted by molar-refractivity contribution is 6.35. The van der Waals surface area contributed by atoms with Gasteiger partial charge in [-0.25, -0.2) is 0 Å². The SMILES string of the molecule is COc1cccc(C(=O)N2c3ccc(C(=O)N4CCNCC4)cc3NC(=O)CC2c2ccc(Cl)cc2Cl)c1. The van der Waals surface area contributed by atoms with E-state index in [2.05, 4.69) is 10.6 Å². The third kappa shape index (κ3) is 5.20. The summed E-state index contributed by atoms with van der Waals surface area (Å²) in [6.07, 6.45) is -0.0488. The van der Waals surface area contributed by atoms with Crippen LogP contribution < -0.4 is 20.3 Å². The van der Waals surface area contributed by atoms with E-state index in [1.54, 1.807) is 70.5 Å². The highest BCUT2D eigenvalue weighted by Gasteiger charge is 2.36. The molecule has 0 saturated carbocycles. The van der Waals surface area contributed by atoms with E-state index in [4.69, 9.17) is 27.9 Å². The third-order valence-electron chi connectivity index (χ3n) is 6.73. The zero-order valence-corrected chi connectivity index (χ0v) is 22.2. The minimum absolute atomic E-state index is 0.0488. The minimum atomic E-state index is -0.727. The summed E-state index contributed by atoms with van der Waals surface area (Å²) in [5.74, 6) is -0.261. The number of ether oxygens (including phenoxy) is 1. The first kappa shape index (κ1) is 26.0. The average molecular weight is 553 g/mol. The monoisotopic (exact) mass is 552 g/mol. The second-order valence-electron chi connectivity index (χ2n) is 9.12. The lowest BCUT2D eigenvalue weighted by atomic mass is 9.99. The number of piperazine rings is 1. The molecule has 0 spiro atoms. The smallest absolute Gasteiger partial charge is 0.259 e. The van der Waals surface area contributed by atoms with Crippen LogP contribution in [-0.2, 0) is 4.79 Å². The van der Waals surface area contributed by atoms with Crippen molar-refractivity contribution in [2.75, 3.05) is 43.5 Å². The van der Waals surface area contributed by atoms with Crippen molar-refractivity contribution in [3.8, 4) is 5.75 Å². The van der Waals surface area contributed by atoms with Gasteiger partial charge in [0, 0.05) is 47.4 Å². The van der Waals surface area contributed by atoms with Crippen LogP contribution in [0.5, 0.6) is 5.75 Å². The standard InChI is InChI=1S/C28H26Cl2N4O4/c1-38-20-4-2-3-17(13-20)28(37)34-24-8-5-18(27(36)33-11-9-31-10-12-33)14-23(24)32-26(35)16-25(34)21-7-6-19(29)15-22(21)30/h2-8,13-15,25,31H,9-12,16H2,1H3,(H,32,35). The minimum Gasteiger partial charge on any atom is -0.497 e. The number of rotatable bonds is 4. The van der Waals surface area contributed by atoms with Crippen LogP contribution in [0.2, 0.25) is 10.0 Å². The Morgan fingerprint density at radius 2 is 1.71 bits per heavy atom. The Hall–Kier alpha value is -3.59. The predicted octanol–water partition coefficient (Wildman–Crippen LogP) is 4.78. The number of carbonyl (C=O) groups is 3. The zero-order valence-electron chi connectivity index (χ0n) is 20.7. The van der Waals surface area contributed by atoms with Crippen molar-refractivity contribution in [3.05, 3.63) is 87.4 Å². The molecular formula is C28H26Cl2N4O4. The number of benzene rings is 3. The number of fused-ring (bicyclic) bond motifs is 1. The van der Waals surface area contributed by atoms with Crippen LogP contribution >= 0.6 is 23.2 Å². The van der Waals surface area contributed by atoms with Gasteiger partial charge < -0.3 is 20.3 Å². The normalized spacial score (nSPS) is 17.3. The molecule has 2 aliphatic rings. The van der Waals surface area contributed by atoms with Gasteiger partial charge in [0.15, 0.2) is 0 Å². The molecule has 1 fully saturated rings. The summed E-state index contributed by atoms with van der Waals surface area (Å²) in [4.78, 5) is 43.8. The van der Waals surface area contributed by atoms with Gasteiger partial charge in [-0.1, -0.05) is 35.3 Å². The van der Waals surface area contributed by atoms with E-state index in [1.807, 2.05) is 0 Å². The fourth-order valence-corrected chi connectivity index (χ4v) is 5.37. The Balaban J connectivity index is 1.63. The number of carbonyl (C=O) groups excluding carboxylic acids is 3. The van der Waals surface area contributed by atoms with Crippen LogP contribution in [0.4, 0.5) is 11.4 Å². The van der Waals surface area contributed by atoms with Gasteiger partial charge >= 0.3 is 0 Å².